The lowest BCUT2D eigenvalue weighted by Crippen LogP contribution is -2.53. The number of piperazine rings is 1. The molecule has 4 rings (SSSR count). The van der Waals surface area contributed by atoms with Crippen LogP contribution in [0.25, 0.3) is 0 Å². The van der Waals surface area contributed by atoms with Gasteiger partial charge in [-0.05, 0) is 56.3 Å². The van der Waals surface area contributed by atoms with Crippen molar-refractivity contribution in [3.8, 4) is 5.75 Å². The van der Waals surface area contributed by atoms with Gasteiger partial charge in [0.15, 0.2) is 0 Å². The van der Waals surface area contributed by atoms with Crippen LogP contribution in [-0.2, 0) is 14.8 Å². The Morgan fingerprint density at radius 2 is 1.75 bits per heavy atom. The maximum atomic E-state index is 14.4. The van der Waals surface area contributed by atoms with E-state index >= 15 is 0 Å². The van der Waals surface area contributed by atoms with Crippen LogP contribution in [0.2, 0.25) is 5.02 Å². The number of nitrogens with zero attached hydrogens (tertiary/aromatic N) is 3. The standard InChI is InChI=1S/C25H30ClF2N3O4S/c1-29-11-13-30(14-12-29)24(32)16-25(18-35-21-6-3-19(26)4-7-21)9-2-10-31(17-25)36(33,34)23-8-5-20(27)15-22(23)28/h3-8,15H,2,9-14,16-18H2,1H3/t25-/m0/s1. The van der Waals surface area contributed by atoms with Gasteiger partial charge in [-0.2, -0.15) is 4.31 Å². The molecule has 1 amide bonds. The van der Waals surface area contributed by atoms with Crippen LogP contribution in [0.5, 0.6) is 5.75 Å². The number of hydrogen-bond donors (Lipinski definition) is 0. The number of piperidine rings is 1. The molecule has 2 aromatic rings. The van der Waals surface area contributed by atoms with Crippen LogP contribution in [0.15, 0.2) is 47.4 Å². The zero-order chi connectivity index (χ0) is 25.9. The SMILES string of the molecule is CN1CCN(C(=O)C[C@@]2(COc3ccc(Cl)cc3)CCCN(S(=O)(=O)c3ccc(F)cc3F)C2)CC1. The summed E-state index contributed by atoms with van der Waals surface area (Å²) in [5, 5.41) is 0.554. The number of halogens is 3. The molecule has 2 saturated heterocycles. The largest absolute Gasteiger partial charge is 0.493 e. The minimum atomic E-state index is -4.25. The number of carbonyl (C=O) groups is 1. The van der Waals surface area contributed by atoms with Crippen molar-refractivity contribution < 1.29 is 26.7 Å². The molecule has 0 bridgehead atoms. The minimum absolute atomic E-state index is 0.0147. The Morgan fingerprint density at radius 3 is 2.42 bits per heavy atom. The Labute approximate surface area is 215 Å². The van der Waals surface area contributed by atoms with Crippen LogP contribution in [0.3, 0.4) is 0 Å². The summed E-state index contributed by atoms with van der Waals surface area (Å²) in [6, 6.07) is 9.23. The van der Waals surface area contributed by atoms with E-state index in [1.54, 1.807) is 29.2 Å². The number of likely N-dealkylation sites (N-methyl/N-ethyl adjacent to an activating group) is 1. The normalized spacial score (nSPS) is 21.9. The zero-order valence-electron chi connectivity index (χ0n) is 20.1. The van der Waals surface area contributed by atoms with E-state index in [-0.39, 0.29) is 32.0 Å². The molecule has 7 nitrogen and oxygen atoms in total. The van der Waals surface area contributed by atoms with E-state index in [1.165, 1.54) is 4.31 Å². The molecule has 0 radical (unpaired) electrons. The first-order valence-electron chi connectivity index (χ1n) is 11.9. The van der Waals surface area contributed by atoms with E-state index in [4.69, 9.17) is 16.3 Å². The molecule has 0 spiro atoms. The van der Waals surface area contributed by atoms with Crippen molar-refractivity contribution >= 4 is 27.5 Å². The van der Waals surface area contributed by atoms with Crippen LogP contribution in [0.1, 0.15) is 19.3 Å². The highest BCUT2D eigenvalue weighted by Crippen LogP contribution is 2.38. The summed E-state index contributed by atoms with van der Waals surface area (Å²) >= 11 is 5.97. The molecule has 36 heavy (non-hydrogen) atoms. The highest BCUT2D eigenvalue weighted by molar-refractivity contribution is 7.89. The predicted octanol–water partition coefficient (Wildman–Crippen LogP) is 3.63. The third-order valence-corrected chi connectivity index (χ3v) is 9.01. The lowest BCUT2D eigenvalue weighted by molar-refractivity contribution is -0.136. The molecule has 11 heteroatoms. The zero-order valence-corrected chi connectivity index (χ0v) is 21.7. The summed E-state index contributed by atoms with van der Waals surface area (Å²) < 4.78 is 61.8. The van der Waals surface area contributed by atoms with Gasteiger partial charge in [-0.15, -0.1) is 0 Å². The van der Waals surface area contributed by atoms with Gasteiger partial charge < -0.3 is 14.5 Å². The quantitative estimate of drug-likeness (QED) is 0.535. The van der Waals surface area contributed by atoms with Crippen LogP contribution in [0, 0.1) is 17.0 Å². The van der Waals surface area contributed by atoms with Gasteiger partial charge in [0.25, 0.3) is 0 Å². The molecular formula is C25H30ClF2N3O4S. The monoisotopic (exact) mass is 541 g/mol. The van der Waals surface area contributed by atoms with Crippen molar-refractivity contribution in [2.24, 2.45) is 5.41 Å². The van der Waals surface area contributed by atoms with Gasteiger partial charge >= 0.3 is 0 Å². The summed E-state index contributed by atoms with van der Waals surface area (Å²) in [5.41, 5.74) is -0.818. The number of ether oxygens (including phenoxy) is 1. The van der Waals surface area contributed by atoms with E-state index in [2.05, 4.69) is 4.90 Å². The average Bonchev–Trinajstić information content (AvgIpc) is 2.84. The highest BCUT2D eigenvalue weighted by Gasteiger charge is 2.43. The molecule has 1 atom stereocenters. The highest BCUT2D eigenvalue weighted by atomic mass is 35.5. The van der Waals surface area contributed by atoms with Crippen molar-refractivity contribution in [1.82, 2.24) is 14.1 Å². The fourth-order valence-corrected chi connectivity index (χ4v) is 6.52. The maximum Gasteiger partial charge on any atom is 0.246 e. The Kier molecular flexibility index (Phi) is 8.18. The van der Waals surface area contributed by atoms with Crippen molar-refractivity contribution in [3.05, 3.63) is 59.1 Å². The van der Waals surface area contributed by atoms with Crippen molar-refractivity contribution in [3.63, 3.8) is 0 Å². The summed E-state index contributed by atoms with van der Waals surface area (Å²) in [7, 11) is -2.25. The first kappa shape index (κ1) is 26.8. The molecule has 2 aliphatic rings. The minimum Gasteiger partial charge on any atom is -0.493 e. The molecule has 2 aromatic carbocycles. The van der Waals surface area contributed by atoms with Crippen LogP contribution in [0.4, 0.5) is 8.78 Å². The van der Waals surface area contributed by atoms with E-state index in [9.17, 15) is 22.0 Å². The molecule has 196 valence electrons. The second-order valence-electron chi connectivity index (χ2n) is 9.62. The van der Waals surface area contributed by atoms with Gasteiger partial charge in [0.05, 0.1) is 6.61 Å². The fourth-order valence-electron chi connectivity index (χ4n) is 4.76. The molecule has 2 fully saturated rings. The first-order valence-corrected chi connectivity index (χ1v) is 13.7. The fraction of sp³-hybridized carbons (Fsp3) is 0.480. The van der Waals surface area contributed by atoms with Crippen LogP contribution >= 0.6 is 11.6 Å². The van der Waals surface area contributed by atoms with Crippen molar-refractivity contribution in [1.29, 1.82) is 0 Å². The summed E-state index contributed by atoms with van der Waals surface area (Å²) in [6.07, 6.45) is 1.14. The summed E-state index contributed by atoms with van der Waals surface area (Å²) in [4.78, 5) is 16.7. The third-order valence-electron chi connectivity index (χ3n) is 6.88. The van der Waals surface area contributed by atoms with Gasteiger partial charge in [-0.3, -0.25) is 4.79 Å². The van der Waals surface area contributed by atoms with Gasteiger partial charge in [-0.25, -0.2) is 17.2 Å². The average molecular weight is 542 g/mol. The molecule has 0 saturated carbocycles. The third kappa shape index (κ3) is 6.16. The number of rotatable bonds is 7. The number of sulfonamides is 1. The number of amides is 1. The second-order valence-corrected chi connectivity index (χ2v) is 12.0. The summed E-state index contributed by atoms with van der Waals surface area (Å²) in [5.74, 6) is -1.50. The Hall–Kier alpha value is -2.27. The molecular weight excluding hydrogens is 512 g/mol. The van der Waals surface area contributed by atoms with Gasteiger partial charge in [0.1, 0.15) is 22.3 Å². The molecule has 2 aliphatic heterocycles. The van der Waals surface area contributed by atoms with Crippen molar-refractivity contribution in [2.75, 3.05) is 52.9 Å². The lowest BCUT2D eigenvalue weighted by Gasteiger charge is -2.43. The topological polar surface area (TPSA) is 70.2 Å². The number of carbonyl (C=O) groups excluding carboxylic acids is 1. The molecule has 0 aliphatic carbocycles. The molecule has 2 heterocycles. The Morgan fingerprint density at radius 1 is 1.06 bits per heavy atom. The smallest absolute Gasteiger partial charge is 0.246 e. The van der Waals surface area contributed by atoms with Gasteiger partial charge in [0, 0.05) is 62.2 Å². The Balaban J connectivity index is 1.58. The number of benzene rings is 2. The van der Waals surface area contributed by atoms with E-state index in [0.29, 0.717) is 42.8 Å². The van der Waals surface area contributed by atoms with Gasteiger partial charge in [0.2, 0.25) is 15.9 Å². The molecule has 0 N–H and O–H groups in total. The first-order chi connectivity index (χ1) is 17.1. The molecule has 0 aromatic heterocycles. The van der Waals surface area contributed by atoms with Crippen LogP contribution in [-0.4, -0.2) is 81.4 Å². The summed E-state index contributed by atoms with van der Waals surface area (Å²) in [6.45, 7) is 3.00. The van der Waals surface area contributed by atoms with Crippen LogP contribution < -0.4 is 4.74 Å². The second kappa shape index (κ2) is 11.0. The van der Waals surface area contributed by atoms with E-state index in [1.807, 2.05) is 7.05 Å². The molecule has 0 unspecified atom stereocenters. The Bertz CT molecular complexity index is 1190. The maximum absolute atomic E-state index is 14.4. The van der Waals surface area contributed by atoms with E-state index in [0.717, 1.165) is 25.2 Å². The lowest BCUT2D eigenvalue weighted by atomic mass is 9.78. The predicted molar refractivity (Wildman–Crippen MR) is 132 cm³/mol. The van der Waals surface area contributed by atoms with Gasteiger partial charge in [-0.1, -0.05) is 11.6 Å². The number of hydrogen-bond acceptors (Lipinski definition) is 5. The van der Waals surface area contributed by atoms with Crippen molar-refractivity contribution in [2.45, 2.75) is 24.2 Å². The van der Waals surface area contributed by atoms with E-state index < -0.39 is 32.0 Å².